The predicted octanol–water partition coefficient (Wildman–Crippen LogP) is 4.53. The van der Waals surface area contributed by atoms with Crippen molar-refractivity contribution in [2.75, 3.05) is 20.1 Å². The maximum absolute atomic E-state index is 13.5. The summed E-state index contributed by atoms with van der Waals surface area (Å²) in [6.45, 7) is 2.07. The van der Waals surface area contributed by atoms with Crippen molar-refractivity contribution in [2.45, 2.75) is 75.9 Å². The van der Waals surface area contributed by atoms with Crippen molar-refractivity contribution < 1.29 is 4.79 Å². The molecular formula is C29H36N4O2. The highest BCUT2D eigenvalue weighted by molar-refractivity contribution is 5.80. The van der Waals surface area contributed by atoms with Crippen molar-refractivity contribution >= 4 is 16.9 Å². The molecule has 1 aromatic heterocycles. The fourth-order valence-electron chi connectivity index (χ4n) is 7.09. The molecule has 2 aromatic carbocycles. The van der Waals surface area contributed by atoms with E-state index in [1.807, 2.05) is 28.8 Å². The Morgan fingerprint density at radius 2 is 1.74 bits per heavy atom. The Kier molecular flexibility index (Phi) is 6.01. The molecule has 3 aliphatic rings. The SMILES string of the molecule is CNC(=O)Cn1c(=O)n(C2CCN(C3CCC4CCCCc5cccc3c54)CC2)c2ccccc21. The van der Waals surface area contributed by atoms with Crippen LogP contribution in [0.3, 0.4) is 0 Å². The van der Waals surface area contributed by atoms with Crippen LogP contribution in [0.5, 0.6) is 0 Å². The average Bonchev–Trinajstić information content (AvgIpc) is 3.02. The number of nitrogens with zero attached hydrogens (tertiary/aromatic N) is 3. The number of hydrogen-bond acceptors (Lipinski definition) is 3. The van der Waals surface area contributed by atoms with Crippen molar-refractivity contribution in [3.05, 3.63) is 69.6 Å². The number of hydrogen-bond donors (Lipinski definition) is 1. The summed E-state index contributed by atoms with van der Waals surface area (Å²) in [5.74, 6) is 0.602. The number of fused-ring (bicyclic) bond motifs is 1. The van der Waals surface area contributed by atoms with Crippen LogP contribution in [0, 0.1) is 0 Å². The van der Waals surface area contributed by atoms with E-state index in [-0.39, 0.29) is 24.2 Å². The molecule has 1 saturated heterocycles. The fourth-order valence-corrected chi connectivity index (χ4v) is 7.09. The number of likely N-dealkylation sites (N-methyl/N-ethyl adjacent to an activating group) is 1. The van der Waals surface area contributed by atoms with Gasteiger partial charge < -0.3 is 5.32 Å². The second-order valence-electron chi connectivity index (χ2n) is 10.6. The molecule has 6 rings (SSSR count). The maximum Gasteiger partial charge on any atom is 0.329 e. The molecule has 3 aromatic rings. The third-order valence-electron chi connectivity index (χ3n) is 8.79. The van der Waals surface area contributed by atoms with E-state index in [2.05, 4.69) is 28.4 Å². The van der Waals surface area contributed by atoms with Gasteiger partial charge in [0.2, 0.25) is 5.91 Å². The Morgan fingerprint density at radius 3 is 2.54 bits per heavy atom. The Labute approximate surface area is 206 Å². The number of para-hydroxylation sites is 2. The highest BCUT2D eigenvalue weighted by atomic mass is 16.2. The molecule has 0 radical (unpaired) electrons. The van der Waals surface area contributed by atoms with Crippen LogP contribution in [-0.2, 0) is 17.8 Å². The lowest BCUT2D eigenvalue weighted by molar-refractivity contribution is -0.121. The molecule has 1 amide bonds. The van der Waals surface area contributed by atoms with Crippen LogP contribution in [-0.4, -0.2) is 40.1 Å². The first-order chi connectivity index (χ1) is 17.2. The van der Waals surface area contributed by atoms with Crippen LogP contribution in [0.2, 0.25) is 0 Å². The van der Waals surface area contributed by atoms with Crippen molar-refractivity contribution in [2.24, 2.45) is 0 Å². The minimum absolute atomic E-state index is 0.0596. The lowest BCUT2D eigenvalue weighted by Gasteiger charge is -2.42. The molecule has 6 heteroatoms. The quantitative estimate of drug-likeness (QED) is 0.607. The smallest absolute Gasteiger partial charge is 0.329 e. The number of aryl methyl sites for hydroxylation is 1. The Bertz CT molecular complexity index is 1300. The van der Waals surface area contributed by atoms with Crippen molar-refractivity contribution in [3.63, 3.8) is 0 Å². The van der Waals surface area contributed by atoms with Gasteiger partial charge in [-0.15, -0.1) is 0 Å². The average molecular weight is 473 g/mol. The van der Waals surface area contributed by atoms with Crippen LogP contribution in [0.4, 0.5) is 0 Å². The highest BCUT2D eigenvalue weighted by Gasteiger charge is 2.35. The van der Waals surface area contributed by atoms with Gasteiger partial charge >= 0.3 is 5.69 Å². The van der Waals surface area contributed by atoms with Gasteiger partial charge in [0.25, 0.3) is 0 Å². The summed E-state index contributed by atoms with van der Waals surface area (Å²) >= 11 is 0. The van der Waals surface area contributed by atoms with Crippen LogP contribution in [0.15, 0.2) is 47.3 Å². The summed E-state index contributed by atoms with van der Waals surface area (Å²) in [5, 5.41) is 2.65. The number of rotatable bonds is 4. The molecule has 1 fully saturated rings. The molecule has 1 N–H and O–H groups in total. The lowest BCUT2D eigenvalue weighted by Crippen LogP contribution is -2.41. The molecular weight excluding hydrogens is 436 g/mol. The summed E-state index contributed by atoms with van der Waals surface area (Å²) < 4.78 is 3.59. The molecule has 0 saturated carbocycles. The van der Waals surface area contributed by atoms with E-state index in [0.29, 0.717) is 6.04 Å². The first-order valence-electron chi connectivity index (χ1n) is 13.4. The summed E-state index contributed by atoms with van der Waals surface area (Å²) in [6.07, 6.45) is 9.74. The molecule has 1 aliphatic heterocycles. The van der Waals surface area contributed by atoms with E-state index in [0.717, 1.165) is 42.9 Å². The number of imidazole rings is 1. The largest absolute Gasteiger partial charge is 0.358 e. The summed E-state index contributed by atoms with van der Waals surface area (Å²) in [6, 6.07) is 15.6. The molecule has 2 heterocycles. The van der Waals surface area contributed by atoms with Gasteiger partial charge in [0.15, 0.2) is 0 Å². The first-order valence-corrected chi connectivity index (χ1v) is 13.4. The van der Waals surface area contributed by atoms with Crippen LogP contribution in [0.1, 0.15) is 79.6 Å². The van der Waals surface area contributed by atoms with E-state index in [9.17, 15) is 9.59 Å². The summed E-state index contributed by atoms with van der Waals surface area (Å²) in [7, 11) is 1.61. The second-order valence-corrected chi connectivity index (χ2v) is 10.6. The van der Waals surface area contributed by atoms with E-state index in [1.54, 1.807) is 28.3 Å². The zero-order valence-electron chi connectivity index (χ0n) is 20.7. The van der Waals surface area contributed by atoms with E-state index < -0.39 is 0 Å². The third-order valence-corrected chi connectivity index (χ3v) is 8.79. The van der Waals surface area contributed by atoms with Gasteiger partial charge in [0.05, 0.1) is 11.0 Å². The monoisotopic (exact) mass is 472 g/mol. The van der Waals surface area contributed by atoms with Crippen LogP contribution in [0.25, 0.3) is 11.0 Å². The number of aromatic nitrogens is 2. The molecule has 184 valence electrons. The first kappa shape index (κ1) is 22.6. The van der Waals surface area contributed by atoms with Gasteiger partial charge in [0.1, 0.15) is 6.54 Å². The standard InChI is InChI=1S/C29H36N4O2/c1-30-27(34)19-32-25-11-4-5-12-26(25)33(29(32)35)22-15-17-31(18-16-22)24-14-13-21-8-3-2-7-20-9-6-10-23(24)28(20)21/h4-6,9-12,21-22,24H,2-3,7-8,13-19H2,1H3,(H,30,34). The Hall–Kier alpha value is -2.86. The highest BCUT2D eigenvalue weighted by Crippen LogP contribution is 2.46. The number of piperidine rings is 1. The van der Waals surface area contributed by atoms with E-state index in [1.165, 1.54) is 38.5 Å². The molecule has 0 spiro atoms. The van der Waals surface area contributed by atoms with Gasteiger partial charge in [-0.2, -0.15) is 0 Å². The molecule has 6 nitrogen and oxygen atoms in total. The number of carbonyl (C=O) groups excluding carboxylic acids is 1. The van der Waals surface area contributed by atoms with Crippen LogP contribution < -0.4 is 11.0 Å². The molecule has 2 aliphatic carbocycles. The minimum atomic E-state index is -0.151. The van der Waals surface area contributed by atoms with Gasteiger partial charge in [-0.3, -0.25) is 18.8 Å². The fraction of sp³-hybridized carbons (Fsp3) is 0.517. The Balaban J connectivity index is 1.26. The normalized spacial score (nSPS) is 23.1. The maximum atomic E-state index is 13.5. The molecule has 35 heavy (non-hydrogen) atoms. The van der Waals surface area contributed by atoms with Gasteiger partial charge in [-0.05, 0) is 79.7 Å². The molecule has 0 bridgehead atoms. The van der Waals surface area contributed by atoms with Gasteiger partial charge in [-0.1, -0.05) is 36.8 Å². The van der Waals surface area contributed by atoms with Gasteiger partial charge in [-0.25, -0.2) is 4.79 Å². The zero-order chi connectivity index (χ0) is 23.9. The second kappa shape index (κ2) is 9.30. The van der Waals surface area contributed by atoms with Crippen molar-refractivity contribution in [3.8, 4) is 0 Å². The van der Waals surface area contributed by atoms with Crippen molar-refractivity contribution in [1.29, 1.82) is 0 Å². The topological polar surface area (TPSA) is 59.3 Å². The number of nitrogens with one attached hydrogen (secondary N) is 1. The molecule has 2 unspecified atom stereocenters. The predicted molar refractivity (Wildman–Crippen MR) is 139 cm³/mol. The number of amides is 1. The van der Waals surface area contributed by atoms with E-state index in [4.69, 9.17) is 0 Å². The minimum Gasteiger partial charge on any atom is -0.358 e. The molecule has 2 atom stereocenters. The Morgan fingerprint density at radius 1 is 0.943 bits per heavy atom. The van der Waals surface area contributed by atoms with Gasteiger partial charge in [0, 0.05) is 32.2 Å². The van der Waals surface area contributed by atoms with Crippen LogP contribution >= 0.6 is 0 Å². The summed E-state index contributed by atoms with van der Waals surface area (Å²) in [5.41, 5.74) is 6.57. The summed E-state index contributed by atoms with van der Waals surface area (Å²) in [4.78, 5) is 28.2. The number of benzene rings is 2. The lowest BCUT2D eigenvalue weighted by atomic mass is 9.76. The van der Waals surface area contributed by atoms with E-state index >= 15 is 0 Å². The number of likely N-dealkylation sites (tertiary alicyclic amines) is 1. The van der Waals surface area contributed by atoms with Crippen molar-refractivity contribution in [1.82, 2.24) is 19.4 Å². The number of carbonyl (C=O) groups is 1. The zero-order valence-corrected chi connectivity index (χ0v) is 20.7. The third kappa shape index (κ3) is 3.92.